The quantitative estimate of drug-likeness (QED) is 0.901. The van der Waals surface area contributed by atoms with Gasteiger partial charge in [-0.15, -0.1) is 0 Å². The van der Waals surface area contributed by atoms with Crippen molar-refractivity contribution >= 4 is 17.6 Å². The van der Waals surface area contributed by atoms with Gasteiger partial charge in [-0.25, -0.2) is 0 Å². The molecule has 19 heavy (non-hydrogen) atoms. The van der Waals surface area contributed by atoms with Gasteiger partial charge in [0.05, 0.1) is 24.1 Å². The van der Waals surface area contributed by atoms with Crippen LogP contribution < -0.4 is 5.06 Å². The van der Waals surface area contributed by atoms with Crippen molar-refractivity contribution in [2.24, 2.45) is 0 Å². The van der Waals surface area contributed by atoms with Gasteiger partial charge in [-0.05, 0) is 30.5 Å². The van der Waals surface area contributed by atoms with Gasteiger partial charge in [0.25, 0.3) is 5.91 Å². The smallest absolute Gasteiger partial charge is 0.314 e. The van der Waals surface area contributed by atoms with Crippen LogP contribution in [-0.2, 0) is 19.8 Å². The van der Waals surface area contributed by atoms with Gasteiger partial charge in [0.15, 0.2) is 0 Å². The Morgan fingerprint density at radius 3 is 2.68 bits per heavy atom. The lowest BCUT2D eigenvalue weighted by atomic mass is 9.64. The van der Waals surface area contributed by atoms with Gasteiger partial charge in [0.1, 0.15) is 0 Å². The van der Waals surface area contributed by atoms with Gasteiger partial charge in [-0.3, -0.25) is 14.4 Å². The number of hydrogen-bond donors (Lipinski definition) is 1. The highest BCUT2D eigenvalue weighted by atomic mass is 16.7. The number of amides is 1. The zero-order chi connectivity index (χ0) is 13.5. The third-order valence-electron chi connectivity index (χ3n) is 4.01. The van der Waals surface area contributed by atoms with Crippen LogP contribution in [0, 0.1) is 0 Å². The number of benzene rings is 1. The Morgan fingerprint density at radius 1 is 1.37 bits per heavy atom. The highest BCUT2D eigenvalue weighted by molar-refractivity contribution is 5.93. The second-order valence-corrected chi connectivity index (χ2v) is 5.06. The zero-order valence-corrected chi connectivity index (χ0v) is 10.5. The summed E-state index contributed by atoms with van der Waals surface area (Å²) in [6, 6.07) is 7.12. The van der Waals surface area contributed by atoms with E-state index in [2.05, 4.69) is 0 Å². The van der Waals surface area contributed by atoms with E-state index in [1.54, 1.807) is 18.2 Å². The largest absolute Gasteiger partial charge is 0.481 e. The first-order valence-electron chi connectivity index (χ1n) is 6.43. The normalized spacial score (nSPS) is 21.3. The molecule has 1 N–H and O–H groups in total. The molecule has 1 aromatic rings. The van der Waals surface area contributed by atoms with E-state index in [4.69, 9.17) is 4.84 Å². The lowest BCUT2D eigenvalue weighted by molar-refractivity contribution is -0.147. The number of carbonyl (C=O) groups excluding carboxylic acids is 1. The van der Waals surface area contributed by atoms with Crippen molar-refractivity contribution in [1.82, 2.24) is 0 Å². The molecular formula is C14H15NO4. The molecule has 0 unspecified atom stereocenters. The standard InChI is InChI=1S/C14H15NO4/c16-12-5-8-19-15(12)11-4-1-3-10(9-11)14(13(17)18)6-2-7-14/h1,3-4,9H,2,5-8H2,(H,17,18). The van der Waals surface area contributed by atoms with Gasteiger partial charge < -0.3 is 5.11 Å². The van der Waals surface area contributed by atoms with Gasteiger partial charge in [-0.2, -0.15) is 5.06 Å². The molecule has 0 bridgehead atoms. The van der Waals surface area contributed by atoms with Crippen molar-refractivity contribution in [3.63, 3.8) is 0 Å². The number of anilines is 1. The van der Waals surface area contributed by atoms with E-state index >= 15 is 0 Å². The molecule has 0 atom stereocenters. The third-order valence-corrected chi connectivity index (χ3v) is 4.01. The van der Waals surface area contributed by atoms with Crippen LogP contribution in [0.5, 0.6) is 0 Å². The van der Waals surface area contributed by atoms with Gasteiger partial charge >= 0.3 is 5.97 Å². The predicted molar refractivity (Wildman–Crippen MR) is 67.7 cm³/mol. The average molecular weight is 261 g/mol. The molecule has 5 nitrogen and oxygen atoms in total. The lowest BCUT2D eigenvalue weighted by Gasteiger charge is -2.38. The average Bonchev–Trinajstić information content (AvgIpc) is 2.74. The minimum atomic E-state index is -0.787. The molecule has 1 heterocycles. The van der Waals surface area contributed by atoms with E-state index in [1.165, 1.54) is 5.06 Å². The van der Waals surface area contributed by atoms with Crippen molar-refractivity contribution < 1.29 is 19.5 Å². The number of carboxylic acids is 1. The fourth-order valence-corrected chi connectivity index (χ4v) is 2.70. The second-order valence-electron chi connectivity index (χ2n) is 5.06. The van der Waals surface area contributed by atoms with E-state index in [1.807, 2.05) is 6.07 Å². The molecule has 3 rings (SSSR count). The van der Waals surface area contributed by atoms with Crippen molar-refractivity contribution in [3.05, 3.63) is 29.8 Å². The van der Waals surface area contributed by atoms with Crippen molar-refractivity contribution in [3.8, 4) is 0 Å². The summed E-state index contributed by atoms with van der Waals surface area (Å²) in [7, 11) is 0. The van der Waals surface area contributed by atoms with Crippen LogP contribution in [0.25, 0.3) is 0 Å². The fourth-order valence-electron chi connectivity index (χ4n) is 2.70. The molecule has 1 aliphatic heterocycles. The van der Waals surface area contributed by atoms with Crippen LogP contribution in [-0.4, -0.2) is 23.6 Å². The number of rotatable bonds is 3. The Balaban J connectivity index is 1.96. The fraction of sp³-hybridized carbons (Fsp3) is 0.429. The van der Waals surface area contributed by atoms with Crippen molar-refractivity contribution in [2.75, 3.05) is 11.7 Å². The first-order chi connectivity index (χ1) is 9.13. The molecule has 1 amide bonds. The van der Waals surface area contributed by atoms with Gasteiger partial charge in [-0.1, -0.05) is 18.6 Å². The highest BCUT2D eigenvalue weighted by Gasteiger charge is 2.46. The van der Waals surface area contributed by atoms with Gasteiger partial charge in [0, 0.05) is 0 Å². The van der Waals surface area contributed by atoms with Crippen LogP contribution in [0.3, 0.4) is 0 Å². The van der Waals surface area contributed by atoms with Crippen LogP contribution >= 0.6 is 0 Å². The monoisotopic (exact) mass is 261 g/mol. The van der Waals surface area contributed by atoms with E-state index in [0.29, 0.717) is 31.6 Å². The van der Waals surface area contributed by atoms with Crippen LogP contribution in [0.2, 0.25) is 0 Å². The lowest BCUT2D eigenvalue weighted by Crippen LogP contribution is -2.42. The van der Waals surface area contributed by atoms with Crippen LogP contribution in [0.15, 0.2) is 24.3 Å². The number of nitrogens with zero attached hydrogens (tertiary/aromatic N) is 1. The molecule has 1 saturated heterocycles. The molecule has 0 aromatic heterocycles. The predicted octanol–water partition coefficient (Wildman–Crippen LogP) is 1.86. The molecule has 1 aromatic carbocycles. The van der Waals surface area contributed by atoms with E-state index in [0.717, 1.165) is 12.0 Å². The summed E-state index contributed by atoms with van der Waals surface area (Å²) in [5.74, 6) is -0.875. The summed E-state index contributed by atoms with van der Waals surface area (Å²) in [5.41, 5.74) is 0.596. The molecular weight excluding hydrogens is 246 g/mol. The molecule has 2 fully saturated rings. The maximum absolute atomic E-state index is 11.6. The number of hydrogen-bond acceptors (Lipinski definition) is 3. The topological polar surface area (TPSA) is 66.8 Å². The summed E-state index contributed by atoms with van der Waals surface area (Å²) in [5, 5.41) is 10.7. The number of carbonyl (C=O) groups is 2. The maximum atomic E-state index is 11.6. The Bertz CT molecular complexity index is 536. The number of carboxylic acid groups (broad SMARTS) is 1. The first-order valence-corrected chi connectivity index (χ1v) is 6.43. The highest BCUT2D eigenvalue weighted by Crippen LogP contribution is 2.44. The van der Waals surface area contributed by atoms with Crippen LogP contribution in [0.1, 0.15) is 31.2 Å². The molecule has 5 heteroatoms. The summed E-state index contributed by atoms with van der Waals surface area (Å²) in [6.45, 7) is 0.382. The zero-order valence-electron chi connectivity index (χ0n) is 10.5. The molecule has 0 spiro atoms. The molecule has 1 aliphatic carbocycles. The number of aliphatic carboxylic acids is 1. The summed E-state index contributed by atoms with van der Waals surface area (Å²) in [4.78, 5) is 28.4. The minimum Gasteiger partial charge on any atom is -0.481 e. The SMILES string of the molecule is O=C1CCON1c1cccc(C2(C(=O)O)CCC2)c1. The summed E-state index contributed by atoms with van der Waals surface area (Å²) in [6.07, 6.45) is 2.60. The second kappa shape index (κ2) is 4.35. The summed E-state index contributed by atoms with van der Waals surface area (Å²) >= 11 is 0. The van der Waals surface area contributed by atoms with E-state index in [-0.39, 0.29) is 5.91 Å². The van der Waals surface area contributed by atoms with E-state index < -0.39 is 11.4 Å². The van der Waals surface area contributed by atoms with Crippen molar-refractivity contribution in [1.29, 1.82) is 0 Å². The molecule has 100 valence electrons. The van der Waals surface area contributed by atoms with Crippen molar-refractivity contribution in [2.45, 2.75) is 31.1 Å². The Labute approximate surface area is 110 Å². The molecule has 2 aliphatic rings. The molecule has 1 saturated carbocycles. The third kappa shape index (κ3) is 1.81. The number of hydroxylamine groups is 1. The first kappa shape index (κ1) is 12.2. The Kier molecular flexibility index (Phi) is 2.78. The van der Waals surface area contributed by atoms with Crippen LogP contribution in [0.4, 0.5) is 5.69 Å². The Hall–Kier alpha value is -1.88. The maximum Gasteiger partial charge on any atom is 0.314 e. The van der Waals surface area contributed by atoms with E-state index in [9.17, 15) is 14.7 Å². The Morgan fingerprint density at radius 2 is 2.16 bits per heavy atom. The summed E-state index contributed by atoms with van der Waals surface area (Å²) < 4.78 is 0. The minimum absolute atomic E-state index is 0.0878. The van der Waals surface area contributed by atoms with Gasteiger partial charge in [0.2, 0.25) is 0 Å². The molecule has 0 radical (unpaired) electrons.